The number of hydrogen-bond acceptors (Lipinski definition) is 7. The van der Waals surface area contributed by atoms with Crippen molar-refractivity contribution in [2.24, 2.45) is 5.18 Å². The first-order valence-corrected chi connectivity index (χ1v) is 12.2. The van der Waals surface area contributed by atoms with Crippen molar-refractivity contribution in [2.45, 2.75) is 57.7 Å². The molecule has 5 rings (SSSR count). The van der Waals surface area contributed by atoms with Crippen LogP contribution in [0.4, 0.5) is 4.39 Å². The van der Waals surface area contributed by atoms with Crippen molar-refractivity contribution in [2.75, 3.05) is 19.7 Å². The van der Waals surface area contributed by atoms with Gasteiger partial charge in [-0.3, -0.25) is 9.59 Å². The van der Waals surface area contributed by atoms with E-state index in [0.29, 0.717) is 54.8 Å². The number of allylic oxidation sites excluding steroid dienone is 7. The third kappa shape index (κ3) is 4.07. The lowest BCUT2D eigenvalue weighted by atomic mass is 9.87. The predicted molar refractivity (Wildman–Crippen MR) is 128 cm³/mol. The average molecular weight is 481 g/mol. The zero-order valence-corrected chi connectivity index (χ0v) is 19.8. The third-order valence-corrected chi connectivity index (χ3v) is 7.37. The van der Waals surface area contributed by atoms with E-state index in [1.54, 1.807) is 19.1 Å². The van der Waals surface area contributed by atoms with Crippen molar-refractivity contribution in [1.29, 1.82) is 0 Å². The molecule has 8 nitrogen and oxygen atoms in total. The Morgan fingerprint density at radius 2 is 2.17 bits per heavy atom. The fourth-order valence-corrected chi connectivity index (χ4v) is 5.53. The molecular weight excluding hydrogens is 451 g/mol. The van der Waals surface area contributed by atoms with Crippen LogP contribution in [0.1, 0.15) is 45.4 Å². The van der Waals surface area contributed by atoms with Crippen LogP contribution in [0.3, 0.4) is 0 Å². The van der Waals surface area contributed by atoms with Gasteiger partial charge in [-0.15, -0.1) is 4.91 Å². The number of aldehydes is 1. The molecule has 4 fully saturated rings. The van der Waals surface area contributed by atoms with Crippen LogP contribution in [0.2, 0.25) is 0 Å². The van der Waals surface area contributed by atoms with Crippen molar-refractivity contribution >= 4 is 12.2 Å². The van der Waals surface area contributed by atoms with Crippen LogP contribution in [-0.4, -0.2) is 54.0 Å². The number of carbonyl (C=O) groups excluding carboxylic acids is 2. The predicted octanol–water partition coefficient (Wildman–Crippen LogP) is 3.87. The minimum absolute atomic E-state index is 0.0118. The van der Waals surface area contributed by atoms with Gasteiger partial charge in [0.05, 0.1) is 29.6 Å². The van der Waals surface area contributed by atoms with Gasteiger partial charge in [0.1, 0.15) is 11.5 Å². The van der Waals surface area contributed by atoms with Gasteiger partial charge in [-0.2, -0.15) is 0 Å². The maximum Gasteiger partial charge on any atom is 0.256 e. The van der Waals surface area contributed by atoms with Gasteiger partial charge >= 0.3 is 0 Å². The summed E-state index contributed by atoms with van der Waals surface area (Å²) in [7, 11) is 0. The SMILES string of the molecule is C/C(N=O)=C1/C(=C2CCC2)N2CCOC2C2CC/C(=C(/C=O)C(=O)NCC3=CC=CCC=C3F)N12. The number of rotatable bonds is 5. The van der Waals surface area contributed by atoms with E-state index in [2.05, 4.69) is 15.4 Å². The topological polar surface area (TPSA) is 91.3 Å². The molecule has 3 saturated heterocycles. The molecule has 35 heavy (non-hydrogen) atoms. The highest BCUT2D eigenvalue weighted by molar-refractivity contribution is 6.11. The van der Waals surface area contributed by atoms with Crippen molar-refractivity contribution in [3.63, 3.8) is 0 Å². The van der Waals surface area contributed by atoms with E-state index in [0.717, 1.165) is 31.5 Å². The van der Waals surface area contributed by atoms with Gasteiger partial charge in [0.25, 0.3) is 5.91 Å². The molecule has 0 aromatic rings. The lowest BCUT2D eigenvalue weighted by Crippen LogP contribution is -2.53. The first-order valence-electron chi connectivity index (χ1n) is 12.2. The van der Waals surface area contributed by atoms with Crippen molar-refractivity contribution < 1.29 is 18.7 Å². The zero-order chi connectivity index (χ0) is 24.5. The van der Waals surface area contributed by atoms with Crippen LogP contribution in [0.25, 0.3) is 0 Å². The van der Waals surface area contributed by atoms with Crippen molar-refractivity contribution in [3.8, 4) is 0 Å². The van der Waals surface area contributed by atoms with E-state index >= 15 is 0 Å². The summed E-state index contributed by atoms with van der Waals surface area (Å²) in [5.41, 5.74) is 4.09. The molecule has 184 valence electrons. The Bertz CT molecular complexity index is 1140. The Balaban J connectivity index is 1.52. The largest absolute Gasteiger partial charge is 0.354 e. The fourth-order valence-electron chi connectivity index (χ4n) is 5.53. The van der Waals surface area contributed by atoms with Crippen LogP contribution in [0, 0.1) is 4.91 Å². The zero-order valence-electron chi connectivity index (χ0n) is 19.8. The van der Waals surface area contributed by atoms with Crippen LogP contribution in [0.5, 0.6) is 0 Å². The Kier molecular flexibility index (Phi) is 6.51. The number of amides is 1. The molecule has 0 aromatic heterocycles. The van der Waals surface area contributed by atoms with Crippen molar-refractivity contribution in [3.05, 3.63) is 74.5 Å². The quantitative estimate of drug-likeness (QED) is 0.211. The van der Waals surface area contributed by atoms with E-state index in [9.17, 15) is 18.9 Å². The summed E-state index contributed by atoms with van der Waals surface area (Å²) in [6.07, 6.45) is 11.6. The number of ether oxygens (including phenoxy) is 1. The second-order valence-corrected chi connectivity index (χ2v) is 9.33. The van der Waals surface area contributed by atoms with E-state index in [4.69, 9.17) is 4.74 Å². The van der Waals surface area contributed by atoms with Gasteiger partial charge in [0, 0.05) is 24.4 Å². The number of nitrogens with one attached hydrogen (secondary N) is 1. The minimum Gasteiger partial charge on any atom is -0.354 e. The molecule has 9 heteroatoms. The van der Waals surface area contributed by atoms with Gasteiger partial charge in [0.2, 0.25) is 0 Å². The van der Waals surface area contributed by atoms with E-state index in [-0.39, 0.29) is 30.2 Å². The van der Waals surface area contributed by atoms with Crippen LogP contribution < -0.4 is 5.32 Å². The van der Waals surface area contributed by atoms with Gasteiger partial charge in [-0.1, -0.05) is 18.2 Å². The van der Waals surface area contributed by atoms with Gasteiger partial charge < -0.3 is 19.9 Å². The molecule has 2 aliphatic carbocycles. The molecule has 1 N–H and O–H groups in total. The lowest BCUT2D eigenvalue weighted by molar-refractivity contribution is -0.119. The Morgan fingerprint density at radius 3 is 2.89 bits per heavy atom. The molecule has 0 bridgehead atoms. The van der Waals surface area contributed by atoms with Crippen molar-refractivity contribution in [1.82, 2.24) is 15.1 Å². The summed E-state index contributed by atoms with van der Waals surface area (Å²) < 4.78 is 20.4. The van der Waals surface area contributed by atoms with Gasteiger partial charge in [0.15, 0.2) is 12.5 Å². The molecule has 2 atom stereocenters. The molecular formula is C26H29FN4O4. The maximum absolute atomic E-state index is 14.3. The molecule has 2 unspecified atom stereocenters. The summed E-state index contributed by atoms with van der Waals surface area (Å²) in [5, 5.41) is 5.97. The molecule has 1 amide bonds. The first-order chi connectivity index (χ1) is 17.0. The number of piperazine rings is 1. The first kappa shape index (κ1) is 23.4. The lowest BCUT2D eigenvalue weighted by Gasteiger charge is -2.47. The molecule has 5 aliphatic rings. The smallest absolute Gasteiger partial charge is 0.256 e. The molecule has 0 aromatic carbocycles. The minimum atomic E-state index is -0.568. The number of fused-ring (bicyclic) bond motifs is 3. The Labute approximate surface area is 203 Å². The van der Waals surface area contributed by atoms with Gasteiger partial charge in [-0.05, 0) is 62.3 Å². The number of nitroso groups, excluding NO2 is 1. The highest BCUT2D eigenvalue weighted by Crippen LogP contribution is 2.49. The monoisotopic (exact) mass is 480 g/mol. The Morgan fingerprint density at radius 1 is 1.34 bits per heavy atom. The van der Waals surface area contributed by atoms with Gasteiger partial charge in [-0.25, -0.2) is 4.39 Å². The van der Waals surface area contributed by atoms with E-state index < -0.39 is 5.91 Å². The third-order valence-electron chi connectivity index (χ3n) is 7.37. The number of nitrogens with zero attached hydrogens (tertiary/aromatic N) is 3. The molecule has 3 heterocycles. The summed E-state index contributed by atoms with van der Waals surface area (Å²) >= 11 is 0. The summed E-state index contributed by atoms with van der Waals surface area (Å²) in [4.78, 5) is 41.3. The van der Waals surface area contributed by atoms with Crippen LogP contribution in [0.15, 0.2) is 74.8 Å². The number of carbonyl (C=O) groups is 2. The second kappa shape index (κ2) is 9.73. The standard InChI is InChI=1S/C26H29FN4O4/c1-16(29-34)23-24(17-7-5-8-17)30-12-13-35-26(30)22-11-10-21(31(22)23)19(15-32)25(33)28-14-18-6-3-2-4-9-20(18)27/h2-3,6,9,15,22,26H,4-5,7-8,10-14H2,1H3,(H,28,33)/b21-19+,23-16+. The fraction of sp³-hybridized carbons (Fsp3) is 0.462. The molecule has 3 aliphatic heterocycles. The molecule has 0 radical (unpaired) electrons. The molecule has 1 saturated carbocycles. The van der Waals surface area contributed by atoms with E-state index in [1.807, 2.05) is 11.0 Å². The highest BCUT2D eigenvalue weighted by atomic mass is 19.1. The maximum atomic E-state index is 14.3. The normalized spacial score (nSPS) is 28.4. The summed E-state index contributed by atoms with van der Waals surface area (Å²) in [6.45, 7) is 2.95. The highest BCUT2D eigenvalue weighted by Gasteiger charge is 2.51. The molecule has 0 spiro atoms. The summed E-state index contributed by atoms with van der Waals surface area (Å²) in [5.74, 6) is -0.957. The van der Waals surface area contributed by atoms with Crippen LogP contribution in [-0.2, 0) is 14.3 Å². The van der Waals surface area contributed by atoms with Crippen LogP contribution >= 0.6 is 0 Å². The average Bonchev–Trinajstić information content (AvgIpc) is 3.42. The Hall–Kier alpha value is -3.33. The number of hydrogen-bond donors (Lipinski definition) is 1. The second-order valence-electron chi connectivity index (χ2n) is 9.33. The van der Waals surface area contributed by atoms with E-state index in [1.165, 1.54) is 11.6 Å². The summed E-state index contributed by atoms with van der Waals surface area (Å²) in [6, 6.07) is -0.138. The number of halogens is 1.